The summed E-state index contributed by atoms with van der Waals surface area (Å²) in [5, 5.41) is 9.12. The summed E-state index contributed by atoms with van der Waals surface area (Å²) < 4.78 is 0. The highest BCUT2D eigenvalue weighted by molar-refractivity contribution is 5.87. The second kappa shape index (κ2) is 8.85. The van der Waals surface area contributed by atoms with Crippen molar-refractivity contribution in [2.75, 3.05) is 45.8 Å². The average molecular weight is 373 g/mol. The van der Waals surface area contributed by atoms with Crippen LogP contribution in [0.4, 0.5) is 0 Å². The smallest absolute Gasteiger partial charge is 0.335 e. The molecule has 2 aliphatic heterocycles. The molecule has 1 N–H and O–H groups in total. The largest absolute Gasteiger partial charge is 0.478 e. The maximum absolute atomic E-state index is 12.6. The predicted molar refractivity (Wildman–Crippen MR) is 105 cm³/mol. The van der Waals surface area contributed by atoms with Crippen LogP contribution in [0.15, 0.2) is 24.3 Å². The molecule has 6 heteroatoms. The molecule has 0 aromatic heterocycles. The minimum Gasteiger partial charge on any atom is -0.478 e. The number of piperazine rings is 1. The Morgan fingerprint density at radius 1 is 1.04 bits per heavy atom. The van der Waals surface area contributed by atoms with Crippen LogP contribution in [0.1, 0.15) is 36.2 Å². The quantitative estimate of drug-likeness (QED) is 0.855. The normalized spacial score (nSPS) is 24.7. The molecule has 0 aliphatic carbocycles. The first-order valence-corrected chi connectivity index (χ1v) is 9.95. The van der Waals surface area contributed by atoms with E-state index in [2.05, 4.69) is 23.6 Å². The molecule has 1 aromatic rings. The summed E-state index contributed by atoms with van der Waals surface area (Å²) in [7, 11) is 0. The molecule has 2 aliphatic rings. The number of rotatable bonds is 5. The van der Waals surface area contributed by atoms with Gasteiger partial charge >= 0.3 is 5.97 Å². The van der Waals surface area contributed by atoms with E-state index in [0.717, 1.165) is 51.4 Å². The molecule has 2 saturated heterocycles. The van der Waals surface area contributed by atoms with Gasteiger partial charge in [-0.15, -0.1) is 0 Å². The van der Waals surface area contributed by atoms with Crippen molar-refractivity contribution in [3.05, 3.63) is 35.4 Å². The number of nitrogens with zero attached hydrogens (tertiary/aromatic N) is 3. The Bertz CT molecular complexity index is 660. The molecule has 0 bridgehead atoms. The average Bonchev–Trinajstić information content (AvgIpc) is 2.63. The standard InChI is InChI=1S/C21H31N3O3/c1-16-10-17(2)13-24(12-16)20(25)15-23-8-6-22(7-9-23)14-18-4-3-5-19(11-18)21(26)27/h3-5,11,16-17H,6-10,12-15H2,1-2H3,(H,26,27). The Balaban J connectivity index is 1.45. The summed E-state index contributed by atoms with van der Waals surface area (Å²) in [4.78, 5) is 30.4. The zero-order chi connectivity index (χ0) is 19.4. The lowest BCUT2D eigenvalue weighted by atomic mass is 9.92. The number of piperidine rings is 1. The monoisotopic (exact) mass is 373 g/mol. The fraction of sp³-hybridized carbons (Fsp3) is 0.619. The van der Waals surface area contributed by atoms with E-state index >= 15 is 0 Å². The molecule has 27 heavy (non-hydrogen) atoms. The molecule has 0 radical (unpaired) electrons. The van der Waals surface area contributed by atoms with Crippen LogP contribution < -0.4 is 0 Å². The van der Waals surface area contributed by atoms with E-state index in [0.29, 0.717) is 23.9 Å². The number of carbonyl (C=O) groups excluding carboxylic acids is 1. The number of hydrogen-bond donors (Lipinski definition) is 1. The van der Waals surface area contributed by atoms with E-state index < -0.39 is 5.97 Å². The Labute approximate surface area is 161 Å². The third kappa shape index (κ3) is 5.53. The van der Waals surface area contributed by atoms with Gasteiger partial charge in [0.25, 0.3) is 0 Å². The first kappa shape index (κ1) is 19.8. The molecule has 2 unspecified atom stereocenters. The van der Waals surface area contributed by atoms with Crippen LogP contribution in [0, 0.1) is 11.8 Å². The highest BCUT2D eigenvalue weighted by Gasteiger charge is 2.27. The highest BCUT2D eigenvalue weighted by atomic mass is 16.4. The van der Waals surface area contributed by atoms with Crippen molar-refractivity contribution in [2.24, 2.45) is 11.8 Å². The van der Waals surface area contributed by atoms with Gasteiger partial charge in [0.15, 0.2) is 0 Å². The maximum atomic E-state index is 12.6. The van der Waals surface area contributed by atoms with E-state index in [1.807, 2.05) is 11.0 Å². The SMILES string of the molecule is CC1CC(C)CN(C(=O)CN2CCN(Cc3cccc(C(=O)O)c3)CC2)C1. The van der Waals surface area contributed by atoms with Gasteiger partial charge in [0.2, 0.25) is 5.91 Å². The molecule has 6 nitrogen and oxygen atoms in total. The van der Waals surface area contributed by atoms with Crippen LogP contribution in [0.5, 0.6) is 0 Å². The van der Waals surface area contributed by atoms with Gasteiger partial charge in [-0.2, -0.15) is 0 Å². The van der Waals surface area contributed by atoms with E-state index in [9.17, 15) is 9.59 Å². The van der Waals surface area contributed by atoms with Crippen LogP contribution in [-0.2, 0) is 11.3 Å². The van der Waals surface area contributed by atoms with Crippen molar-refractivity contribution in [2.45, 2.75) is 26.8 Å². The van der Waals surface area contributed by atoms with Crippen molar-refractivity contribution in [3.8, 4) is 0 Å². The lowest BCUT2D eigenvalue weighted by molar-refractivity contribution is -0.135. The van der Waals surface area contributed by atoms with Gasteiger partial charge in [-0.1, -0.05) is 26.0 Å². The van der Waals surface area contributed by atoms with Crippen molar-refractivity contribution in [3.63, 3.8) is 0 Å². The molecule has 1 amide bonds. The number of amides is 1. The molecular weight excluding hydrogens is 342 g/mol. The van der Waals surface area contributed by atoms with Crippen molar-refractivity contribution >= 4 is 11.9 Å². The fourth-order valence-electron chi connectivity index (χ4n) is 4.32. The molecule has 0 spiro atoms. The van der Waals surface area contributed by atoms with Gasteiger partial charge in [-0.05, 0) is 36.0 Å². The first-order chi connectivity index (χ1) is 12.9. The summed E-state index contributed by atoms with van der Waals surface area (Å²) >= 11 is 0. The number of carboxylic acids is 1. The molecule has 1 aromatic carbocycles. The molecule has 148 valence electrons. The number of aromatic carboxylic acids is 1. The zero-order valence-electron chi connectivity index (χ0n) is 16.4. The van der Waals surface area contributed by atoms with Gasteiger partial charge in [-0.3, -0.25) is 14.6 Å². The Morgan fingerprint density at radius 3 is 2.30 bits per heavy atom. The number of carbonyl (C=O) groups is 2. The Kier molecular flexibility index (Phi) is 6.50. The van der Waals surface area contributed by atoms with E-state index in [4.69, 9.17) is 5.11 Å². The number of benzene rings is 1. The van der Waals surface area contributed by atoms with Crippen molar-refractivity contribution in [1.82, 2.24) is 14.7 Å². The van der Waals surface area contributed by atoms with Crippen LogP contribution in [-0.4, -0.2) is 77.5 Å². The molecule has 2 fully saturated rings. The molecule has 3 rings (SSSR count). The van der Waals surface area contributed by atoms with Crippen molar-refractivity contribution < 1.29 is 14.7 Å². The summed E-state index contributed by atoms with van der Waals surface area (Å²) in [6, 6.07) is 7.14. The van der Waals surface area contributed by atoms with Crippen LogP contribution >= 0.6 is 0 Å². The van der Waals surface area contributed by atoms with E-state index in [1.165, 1.54) is 6.42 Å². The summed E-state index contributed by atoms with van der Waals surface area (Å²) in [5.74, 6) is 0.560. The third-order valence-corrected chi connectivity index (χ3v) is 5.63. The van der Waals surface area contributed by atoms with Crippen LogP contribution in [0.3, 0.4) is 0 Å². The van der Waals surface area contributed by atoms with Crippen LogP contribution in [0.25, 0.3) is 0 Å². The van der Waals surface area contributed by atoms with Gasteiger partial charge in [0.05, 0.1) is 12.1 Å². The highest BCUT2D eigenvalue weighted by Crippen LogP contribution is 2.21. The molecule has 0 saturated carbocycles. The molecule has 2 atom stereocenters. The van der Waals surface area contributed by atoms with Gasteiger partial charge in [-0.25, -0.2) is 4.79 Å². The zero-order valence-corrected chi connectivity index (χ0v) is 16.4. The van der Waals surface area contributed by atoms with Crippen molar-refractivity contribution in [1.29, 1.82) is 0 Å². The van der Waals surface area contributed by atoms with E-state index in [-0.39, 0.29) is 5.91 Å². The maximum Gasteiger partial charge on any atom is 0.335 e. The number of carboxylic acid groups (broad SMARTS) is 1. The van der Waals surface area contributed by atoms with Gasteiger partial charge in [0, 0.05) is 45.8 Å². The fourth-order valence-corrected chi connectivity index (χ4v) is 4.32. The van der Waals surface area contributed by atoms with E-state index in [1.54, 1.807) is 18.2 Å². The second-order valence-electron chi connectivity index (χ2n) is 8.30. The topological polar surface area (TPSA) is 64.1 Å². The molecule has 2 heterocycles. The molecular formula is C21H31N3O3. The first-order valence-electron chi connectivity index (χ1n) is 9.95. The lowest BCUT2D eigenvalue weighted by Gasteiger charge is -2.38. The lowest BCUT2D eigenvalue weighted by Crippen LogP contribution is -2.51. The summed E-state index contributed by atoms with van der Waals surface area (Å²) in [6.45, 7) is 11.1. The summed E-state index contributed by atoms with van der Waals surface area (Å²) in [6.07, 6.45) is 1.21. The minimum atomic E-state index is -0.887. The number of hydrogen-bond acceptors (Lipinski definition) is 4. The van der Waals surface area contributed by atoms with Gasteiger partial charge < -0.3 is 10.0 Å². The predicted octanol–water partition coefficient (Wildman–Crippen LogP) is 2.01. The second-order valence-corrected chi connectivity index (χ2v) is 8.30. The third-order valence-electron chi connectivity index (χ3n) is 5.63. The van der Waals surface area contributed by atoms with Gasteiger partial charge in [0.1, 0.15) is 0 Å². The summed E-state index contributed by atoms with van der Waals surface area (Å²) in [5.41, 5.74) is 1.36. The Hall–Kier alpha value is -1.92. The number of likely N-dealkylation sites (tertiary alicyclic amines) is 1. The Morgan fingerprint density at radius 2 is 1.67 bits per heavy atom. The van der Waals surface area contributed by atoms with Crippen LogP contribution in [0.2, 0.25) is 0 Å². The minimum absolute atomic E-state index is 0.260.